The molecule has 0 aliphatic heterocycles. The number of carboxylic acids is 1. The summed E-state index contributed by atoms with van der Waals surface area (Å²) < 4.78 is 0. The molecular weight excluding hydrogens is 242 g/mol. The largest absolute Gasteiger partial charge is 0.481 e. The van der Waals surface area contributed by atoms with Crippen LogP contribution in [0.5, 0.6) is 0 Å². The monoisotopic (exact) mass is 269 g/mol. The fraction of sp³-hybridized carbons (Fsp3) is 0.867. The van der Waals surface area contributed by atoms with Crippen molar-refractivity contribution in [2.24, 2.45) is 11.8 Å². The van der Waals surface area contributed by atoms with Gasteiger partial charge in [0.05, 0.1) is 6.42 Å². The third kappa shape index (κ3) is 5.62. The van der Waals surface area contributed by atoms with E-state index in [0.29, 0.717) is 19.0 Å². The van der Waals surface area contributed by atoms with Crippen LogP contribution in [0.15, 0.2) is 0 Å². The van der Waals surface area contributed by atoms with Crippen molar-refractivity contribution in [3.8, 4) is 0 Å². The van der Waals surface area contributed by atoms with Gasteiger partial charge in [0.15, 0.2) is 0 Å². The van der Waals surface area contributed by atoms with Crippen LogP contribution in [0.4, 0.5) is 0 Å². The lowest BCUT2D eigenvalue weighted by Crippen LogP contribution is -2.37. The van der Waals surface area contributed by atoms with Crippen molar-refractivity contribution in [1.82, 2.24) is 4.90 Å². The van der Waals surface area contributed by atoms with E-state index in [2.05, 4.69) is 0 Å². The minimum atomic E-state index is -0.841. The fourth-order valence-electron chi connectivity index (χ4n) is 2.99. The lowest BCUT2D eigenvalue weighted by Gasteiger charge is -2.28. The quantitative estimate of drug-likeness (QED) is 0.773. The smallest absolute Gasteiger partial charge is 0.305 e. The van der Waals surface area contributed by atoms with E-state index in [9.17, 15) is 9.59 Å². The van der Waals surface area contributed by atoms with Gasteiger partial charge in [-0.1, -0.05) is 39.0 Å². The second kappa shape index (κ2) is 8.18. The van der Waals surface area contributed by atoms with Crippen molar-refractivity contribution < 1.29 is 14.7 Å². The summed E-state index contributed by atoms with van der Waals surface area (Å²) in [7, 11) is 0. The van der Waals surface area contributed by atoms with Crippen molar-refractivity contribution in [1.29, 1.82) is 0 Å². The van der Waals surface area contributed by atoms with Crippen molar-refractivity contribution >= 4 is 11.9 Å². The van der Waals surface area contributed by atoms with Crippen LogP contribution in [0, 0.1) is 11.8 Å². The van der Waals surface area contributed by atoms with Gasteiger partial charge in [-0.25, -0.2) is 0 Å². The van der Waals surface area contributed by atoms with E-state index in [1.165, 1.54) is 32.1 Å². The second-order valence-corrected chi connectivity index (χ2v) is 5.70. The van der Waals surface area contributed by atoms with Gasteiger partial charge < -0.3 is 10.0 Å². The van der Waals surface area contributed by atoms with Crippen molar-refractivity contribution in [2.75, 3.05) is 13.1 Å². The molecule has 0 bridgehead atoms. The number of aliphatic carboxylic acids is 1. The number of carbonyl (C=O) groups excluding carboxylic acids is 1. The maximum Gasteiger partial charge on any atom is 0.305 e. The lowest BCUT2D eigenvalue weighted by atomic mass is 9.83. The van der Waals surface area contributed by atoms with Crippen molar-refractivity contribution in [3.63, 3.8) is 0 Å². The normalized spacial score (nSPS) is 18.0. The minimum absolute atomic E-state index is 0.0249. The summed E-state index contributed by atoms with van der Waals surface area (Å²) in [5, 5.41) is 8.70. The Labute approximate surface area is 116 Å². The molecule has 1 aliphatic rings. The van der Waals surface area contributed by atoms with Crippen LogP contribution in [-0.2, 0) is 9.59 Å². The van der Waals surface area contributed by atoms with Crippen LogP contribution in [0.3, 0.4) is 0 Å². The Morgan fingerprint density at radius 2 is 1.89 bits per heavy atom. The van der Waals surface area contributed by atoms with Gasteiger partial charge in [-0.05, 0) is 19.3 Å². The van der Waals surface area contributed by atoms with Crippen LogP contribution >= 0.6 is 0 Å². The van der Waals surface area contributed by atoms with Gasteiger partial charge in [0.1, 0.15) is 0 Å². The highest BCUT2D eigenvalue weighted by Gasteiger charge is 2.24. The first-order valence-corrected chi connectivity index (χ1v) is 7.55. The maximum absolute atomic E-state index is 12.3. The molecular formula is C15H27NO3. The summed E-state index contributed by atoms with van der Waals surface area (Å²) in [6.45, 7) is 4.83. The van der Waals surface area contributed by atoms with Crippen LogP contribution < -0.4 is 0 Å². The molecule has 0 heterocycles. The highest BCUT2D eigenvalue weighted by molar-refractivity contribution is 5.79. The van der Waals surface area contributed by atoms with E-state index in [4.69, 9.17) is 5.11 Å². The number of amides is 1. The highest BCUT2D eigenvalue weighted by Crippen LogP contribution is 2.29. The van der Waals surface area contributed by atoms with E-state index in [1.54, 1.807) is 4.90 Å². The third-order valence-corrected chi connectivity index (χ3v) is 4.12. The zero-order valence-electron chi connectivity index (χ0n) is 12.2. The summed E-state index contributed by atoms with van der Waals surface area (Å²) in [6.07, 6.45) is 7.42. The number of nitrogens with zero attached hydrogens (tertiary/aromatic N) is 1. The number of carbonyl (C=O) groups is 2. The predicted octanol–water partition coefficient (Wildman–Crippen LogP) is 2.92. The molecule has 1 fully saturated rings. The van der Waals surface area contributed by atoms with Gasteiger partial charge in [0, 0.05) is 19.0 Å². The molecule has 1 N–H and O–H groups in total. The van der Waals surface area contributed by atoms with Gasteiger partial charge in [0.25, 0.3) is 0 Å². The molecule has 0 aromatic rings. The molecule has 0 radical (unpaired) electrons. The Morgan fingerprint density at radius 1 is 1.26 bits per heavy atom. The van der Waals surface area contributed by atoms with E-state index in [0.717, 1.165) is 6.42 Å². The molecule has 1 rings (SSSR count). The summed E-state index contributed by atoms with van der Waals surface area (Å²) in [6, 6.07) is 0. The summed E-state index contributed by atoms with van der Waals surface area (Å²) in [4.78, 5) is 24.6. The first-order valence-electron chi connectivity index (χ1n) is 7.55. The highest BCUT2D eigenvalue weighted by atomic mass is 16.4. The molecule has 1 amide bonds. The molecule has 110 valence electrons. The van der Waals surface area contributed by atoms with Gasteiger partial charge >= 0.3 is 5.97 Å². The van der Waals surface area contributed by atoms with Crippen LogP contribution in [0.2, 0.25) is 0 Å². The number of carboxylic acid groups (broad SMARTS) is 1. The number of hydrogen-bond acceptors (Lipinski definition) is 2. The Morgan fingerprint density at radius 3 is 2.42 bits per heavy atom. The zero-order chi connectivity index (χ0) is 14.3. The molecule has 0 spiro atoms. The van der Waals surface area contributed by atoms with Crippen LogP contribution in [0.1, 0.15) is 58.8 Å². The molecule has 19 heavy (non-hydrogen) atoms. The standard InChI is InChI=1S/C15H27NO3/c1-3-16(10-9-14(17)18)15(19)12(2)11-13-7-5-4-6-8-13/h12-13H,3-11H2,1-2H3,(H,17,18). The van der Waals surface area contributed by atoms with Crippen molar-refractivity contribution in [3.05, 3.63) is 0 Å². The molecule has 1 saturated carbocycles. The topological polar surface area (TPSA) is 57.6 Å². The van der Waals surface area contributed by atoms with Gasteiger partial charge in [-0.3, -0.25) is 9.59 Å². The maximum atomic E-state index is 12.3. The number of hydrogen-bond donors (Lipinski definition) is 1. The predicted molar refractivity (Wildman–Crippen MR) is 74.9 cm³/mol. The average Bonchev–Trinajstić information content (AvgIpc) is 2.40. The first kappa shape index (κ1) is 16.0. The summed E-state index contributed by atoms with van der Waals surface area (Å²) >= 11 is 0. The number of rotatable bonds is 7. The Balaban J connectivity index is 2.41. The Bertz CT molecular complexity index is 298. The zero-order valence-corrected chi connectivity index (χ0v) is 12.2. The molecule has 1 aliphatic carbocycles. The molecule has 1 atom stereocenters. The van der Waals surface area contributed by atoms with E-state index >= 15 is 0 Å². The van der Waals surface area contributed by atoms with Gasteiger partial charge in [0.2, 0.25) is 5.91 Å². The summed E-state index contributed by atoms with van der Waals surface area (Å²) in [5.41, 5.74) is 0. The van der Waals surface area contributed by atoms with Gasteiger partial charge in [-0.15, -0.1) is 0 Å². The van der Waals surface area contributed by atoms with E-state index < -0.39 is 5.97 Å². The average molecular weight is 269 g/mol. The minimum Gasteiger partial charge on any atom is -0.481 e. The molecule has 0 aromatic carbocycles. The first-order chi connectivity index (χ1) is 9.04. The van der Waals surface area contributed by atoms with Crippen LogP contribution in [0.25, 0.3) is 0 Å². The molecule has 1 unspecified atom stereocenters. The molecule has 0 aromatic heterocycles. The van der Waals surface area contributed by atoms with E-state index in [-0.39, 0.29) is 18.2 Å². The second-order valence-electron chi connectivity index (χ2n) is 5.70. The Kier molecular flexibility index (Phi) is 6.89. The molecule has 4 heteroatoms. The van der Waals surface area contributed by atoms with Gasteiger partial charge in [-0.2, -0.15) is 0 Å². The summed E-state index contributed by atoms with van der Waals surface area (Å²) in [5.74, 6) is -0.0109. The molecule has 4 nitrogen and oxygen atoms in total. The fourth-order valence-corrected chi connectivity index (χ4v) is 2.99. The third-order valence-electron chi connectivity index (χ3n) is 4.12. The van der Waals surface area contributed by atoms with E-state index in [1.807, 2.05) is 13.8 Å². The Hall–Kier alpha value is -1.06. The lowest BCUT2D eigenvalue weighted by molar-refractivity contribution is -0.139. The van der Waals surface area contributed by atoms with Crippen molar-refractivity contribution in [2.45, 2.75) is 58.8 Å². The van der Waals surface area contributed by atoms with Crippen LogP contribution in [-0.4, -0.2) is 35.0 Å². The molecule has 0 saturated heterocycles. The SMILES string of the molecule is CCN(CCC(=O)O)C(=O)C(C)CC1CCCCC1.